The fourth-order valence-corrected chi connectivity index (χ4v) is 0.912. The predicted molar refractivity (Wildman–Crippen MR) is 40.2 cm³/mol. The van der Waals surface area contributed by atoms with Crippen molar-refractivity contribution < 1.29 is 24.4 Å². The Morgan fingerprint density at radius 1 is 1.50 bits per heavy atom. The van der Waals surface area contributed by atoms with Gasteiger partial charge in [0.05, 0.1) is 32.0 Å². The Hall–Kier alpha value is -0.230. The second-order valence-corrected chi connectivity index (χ2v) is 2.65. The van der Waals surface area contributed by atoms with Crippen LogP contribution in [0.5, 0.6) is 0 Å². The molecule has 1 heterocycles. The van der Waals surface area contributed by atoms with E-state index in [-0.39, 0.29) is 6.10 Å². The van der Waals surface area contributed by atoms with Crippen molar-refractivity contribution in [3.8, 4) is 0 Å². The summed E-state index contributed by atoms with van der Waals surface area (Å²) in [7, 11) is 0.958. The Kier molecular flexibility index (Phi) is 6.18. The molecule has 0 aromatic heterocycles. The minimum Gasteiger partial charge on any atom is -0.391 e. The fourth-order valence-electron chi connectivity index (χ4n) is 0.912. The first kappa shape index (κ1) is 11.8. The van der Waals surface area contributed by atoms with E-state index in [9.17, 15) is 4.53 Å². The quantitative estimate of drug-likeness (QED) is 0.555. The third-order valence-corrected chi connectivity index (χ3v) is 1.61. The van der Waals surface area contributed by atoms with Gasteiger partial charge >= 0.3 is 0 Å². The summed E-state index contributed by atoms with van der Waals surface area (Å²) in [6.45, 7) is 2.16. The van der Waals surface area contributed by atoms with Crippen LogP contribution in [0, 0.1) is 0 Å². The van der Waals surface area contributed by atoms with Crippen molar-refractivity contribution in [2.24, 2.45) is 0 Å². The molecule has 1 fully saturated rings. The smallest absolute Gasteiger partial charge is 0.0824 e. The Morgan fingerprint density at radius 2 is 2.00 bits per heavy atom. The van der Waals surface area contributed by atoms with Crippen LogP contribution in [0.1, 0.15) is 13.3 Å². The lowest BCUT2D eigenvalue weighted by molar-refractivity contribution is -0.115. The fraction of sp³-hybridized carbons (Fsp3) is 1.00. The van der Waals surface area contributed by atoms with Gasteiger partial charge in [-0.05, 0) is 11.4 Å². The van der Waals surface area contributed by atoms with E-state index in [0.717, 1.165) is 7.11 Å². The highest BCUT2D eigenvalue weighted by molar-refractivity contribution is 4.74. The minimum atomic E-state index is -0.492. The monoisotopic (exact) mass is 182 g/mol. The topological polar surface area (TPSA) is 58.9 Å². The molecule has 2 N–H and O–H groups in total. The summed E-state index contributed by atoms with van der Waals surface area (Å²) < 4.78 is 14.8. The average molecular weight is 182 g/mol. The summed E-state index contributed by atoms with van der Waals surface area (Å²) in [6.07, 6.45) is -0.639. The molecule has 0 radical (unpaired) electrons. The zero-order chi connectivity index (χ0) is 9.56. The lowest BCUT2D eigenvalue weighted by Crippen LogP contribution is -2.39. The Balaban J connectivity index is 0.000000354. The highest BCUT2D eigenvalue weighted by Gasteiger charge is 2.24. The summed E-state index contributed by atoms with van der Waals surface area (Å²) in [5, 5.41) is 18.0. The molecule has 0 aromatic carbocycles. The van der Waals surface area contributed by atoms with E-state index in [1.54, 1.807) is 6.92 Å². The average Bonchev–Trinajstić information content (AvgIpc) is 1.99. The predicted octanol–water partition coefficient (Wildman–Crippen LogP) is 0.0343. The van der Waals surface area contributed by atoms with Gasteiger partial charge in [0.25, 0.3) is 0 Å². The van der Waals surface area contributed by atoms with Crippen LogP contribution < -0.4 is 0 Å². The van der Waals surface area contributed by atoms with Gasteiger partial charge in [0.15, 0.2) is 0 Å². The molecule has 0 spiro atoms. The van der Waals surface area contributed by atoms with Crippen LogP contribution >= 0.6 is 0 Å². The van der Waals surface area contributed by atoms with Gasteiger partial charge in [-0.2, -0.15) is 4.94 Å². The Labute approximate surface area is 70.8 Å². The van der Waals surface area contributed by atoms with Gasteiger partial charge in [0.1, 0.15) is 0 Å². The number of aliphatic hydroxyl groups excluding tert-OH is 2. The van der Waals surface area contributed by atoms with Crippen molar-refractivity contribution in [2.45, 2.75) is 31.7 Å². The number of hydrogen-bond acceptors (Lipinski definition) is 4. The maximum Gasteiger partial charge on any atom is 0.0824 e. The van der Waals surface area contributed by atoms with E-state index in [1.165, 1.54) is 0 Å². The van der Waals surface area contributed by atoms with Crippen molar-refractivity contribution >= 4 is 0 Å². The van der Waals surface area contributed by atoms with E-state index in [2.05, 4.69) is 4.94 Å². The van der Waals surface area contributed by atoms with Crippen LogP contribution in [0.25, 0.3) is 0 Å². The first-order valence-electron chi connectivity index (χ1n) is 3.74. The molecule has 0 aromatic rings. The minimum absolute atomic E-state index is 0.117. The standard InChI is InChI=1S/C6H12O3.CH3FO/c1-4-6(8)2-5(7)3-9-4;1-3-2/h4-8H,2-3H2,1H3;1H3/t4-,5+,6?;/m1./s1. The van der Waals surface area contributed by atoms with Gasteiger partial charge in [-0.25, -0.2) is 0 Å². The van der Waals surface area contributed by atoms with E-state index in [4.69, 9.17) is 14.9 Å². The van der Waals surface area contributed by atoms with Crippen molar-refractivity contribution in [3.63, 3.8) is 0 Å². The third kappa shape index (κ3) is 4.61. The van der Waals surface area contributed by atoms with E-state index in [1.807, 2.05) is 0 Å². The highest BCUT2D eigenvalue weighted by Crippen LogP contribution is 2.12. The molecule has 1 aliphatic rings. The van der Waals surface area contributed by atoms with Crippen molar-refractivity contribution in [1.82, 2.24) is 0 Å². The van der Waals surface area contributed by atoms with Gasteiger partial charge in [-0.3, -0.25) is 0 Å². The molecule has 74 valence electrons. The lowest BCUT2D eigenvalue weighted by atomic mass is 10.1. The van der Waals surface area contributed by atoms with Gasteiger partial charge in [-0.15, -0.1) is 0 Å². The van der Waals surface area contributed by atoms with Crippen molar-refractivity contribution in [3.05, 3.63) is 0 Å². The number of hydrogen-bond donors (Lipinski definition) is 2. The second kappa shape index (κ2) is 6.30. The molecule has 12 heavy (non-hydrogen) atoms. The molecular formula is C7H15FO4. The van der Waals surface area contributed by atoms with Gasteiger partial charge < -0.3 is 14.9 Å². The summed E-state index contributed by atoms with van der Waals surface area (Å²) in [4.78, 5) is 2.75. The zero-order valence-corrected chi connectivity index (χ0v) is 7.24. The van der Waals surface area contributed by atoms with Gasteiger partial charge in [-0.1, -0.05) is 0 Å². The number of halogens is 1. The van der Waals surface area contributed by atoms with Crippen LogP contribution in [0.4, 0.5) is 4.53 Å². The largest absolute Gasteiger partial charge is 0.391 e. The molecule has 0 saturated carbocycles. The van der Waals surface area contributed by atoms with Crippen LogP contribution in [0.2, 0.25) is 0 Å². The number of aliphatic hydroxyl groups is 2. The maximum absolute atomic E-state index is 9.79. The third-order valence-electron chi connectivity index (χ3n) is 1.61. The zero-order valence-electron chi connectivity index (χ0n) is 7.24. The van der Waals surface area contributed by atoms with Crippen LogP contribution in [0.3, 0.4) is 0 Å². The van der Waals surface area contributed by atoms with Gasteiger partial charge in [0, 0.05) is 6.42 Å². The second-order valence-electron chi connectivity index (χ2n) is 2.65. The van der Waals surface area contributed by atoms with Crippen LogP contribution in [0.15, 0.2) is 0 Å². The van der Waals surface area contributed by atoms with Crippen LogP contribution in [-0.2, 0) is 9.68 Å². The first-order valence-corrected chi connectivity index (χ1v) is 3.74. The van der Waals surface area contributed by atoms with Gasteiger partial charge in [0.2, 0.25) is 0 Å². The molecule has 0 bridgehead atoms. The summed E-state index contributed by atoms with van der Waals surface area (Å²) in [5.41, 5.74) is 0. The molecule has 1 saturated heterocycles. The molecule has 4 nitrogen and oxygen atoms in total. The van der Waals surface area contributed by atoms with E-state index < -0.39 is 12.2 Å². The summed E-state index contributed by atoms with van der Waals surface area (Å²) >= 11 is 0. The van der Waals surface area contributed by atoms with Crippen molar-refractivity contribution in [2.75, 3.05) is 13.7 Å². The molecular weight excluding hydrogens is 167 g/mol. The molecule has 0 amide bonds. The maximum atomic E-state index is 9.79. The molecule has 1 rings (SSSR count). The van der Waals surface area contributed by atoms with E-state index in [0.29, 0.717) is 13.0 Å². The first-order chi connectivity index (χ1) is 5.61. The normalized spacial score (nSPS) is 35.2. The molecule has 1 unspecified atom stereocenters. The summed E-state index contributed by atoms with van der Waals surface area (Å²) in [6, 6.07) is 0. The van der Waals surface area contributed by atoms with Crippen molar-refractivity contribution in [1.29, 1.82) is 0 Å². The summed E-state index contributed by atoms with van der Waals surface area (Å²) in [5.74, 6) is 0. The SMILES string of the molecule is COF.C[C@H]1OC[C@@H](O)CC1O. The molecule has 0 aliphatic carbocycles. The Morgan fingerprint density at radius 3 is 2.33 bits per heavy atom. The molecule has 3 atom stereocenters. The Bertz CT molecular complexity index is 112. The highest BCUT2D eigenvalue weighted by atomic mass is 19.3. The molecule has 5 heteroatoms. The molecule has 1 aliphatic heterocycles. The van der Waals surface area contributed by atoms with Crippen LogP contribution in [-0.4, -0.2) is 42.2 Å². The lowest BCUT2D eigenvalue weighted by Gasteiger charge is -2.28. The number of rotatable bonds is 0. The van der Waals surface area contributed by atoms with E-state index >= 15 is 0 Å². The number of ether oxygens (including phenoxy) is 1.